The van der Waals surface area contributed by atoms with Crippen LogP contribution in [0.1, 0.15) is 29.6 Å². The molecule has 23 heavy (non-hydrogen) atoms. The molecule has 2 rings (SSSR count). The van der Waals surface area contributed by atoms with Crippen molar-refractivity contribution >= 4 is 17.9 Å². The zero-order valence-electron chi connectivity index (χ0n) is 12.6. The van der Waals surface area contributed by atoms with Crippen LogP contribution in [0.15, 0.2) is 18.2 Å². The number of aldehydes is 1. The minimum Gasteiger partial charge on any atom is -0.493 e. The average molecular weight is 321 g/mol. The van der Waals surface area contributed by atoms with Crippen molar-refractivity contribution in [3.63, 3.8) is 0 Å². The molecule has 0 radical (unpaired) electrons. The third-order valence-corrected chi connectivity index (χ3v) is 3.89. The maximum Gasteiger partial charge on any atom is 0.280 e. The van der Waals surface area contributed by atoms with E-state index >= 15 is 0 Å². The van der Waals surface area contributed by atoms with Gasteiger partial charge in [0.15, 0.2) is 6.29 Å². The summed E-state index contributed by atoms with van der Waals surface area (Å²) in [4.78, 5) is 34.6. The number of carbonyl (C=O) groups excluding carboxylic acids is 2. The molecule has 8 heteroatoms. The molecule has 1 unspecified atom stereocenters. The number of benzene rings is 1. The second-order valence-electron chi connectivity index (χ2n) is 5.39. The molecular formula is C15H19N3O5. The first-order chi connectivity index (χ1) is 11.0. The zero-order chi connectivity index (χ0) is 16.8. The molecule has 0 spiro atoms. The van der Waals surface area contributed by atoms with Gasteiger partial charge in [-0.1, -0.05) is 0 Å². The third-order valence-electron chi connectivity index (χ3n) is 3.89. The molecule has 2 N–H and O–H groups in total. The number of rotatable bonds is 8. The summed E-state index contributed by atoms with van der Waals surface area (Å²) in [7, 11) is 0. The van der Waals surface area contributed by atoms with E-state index in [4.69, 9.17) is 10.5 Å². The summed E-state index contributed by atoms with van der Waals surface area (Å²) < 4.78 is 5.51. The molecule has 1 aliphatic rings. The first-order valence-corrected chi connectivity index (χ1v) is 7.42. The van der Waals surface area contributed by atoms with E-state index in [1.165, 1.54) is 18.2 Å². The van der Waals surface area contributed by atoms with Crippen LogP contribution in [-0.4, -0.2) is 47.8 Å². The Morgan fingerprint density at radius 3 is 2.70 bits per heavy atom. The summed E-state index contributed by atoms with van der Waals surface area (Å²) in [5.74, 6) is -0.0323. The Balaban J connectivity index is 1.96. The normalized spacial score (nSPS) is 16.0. The monoisotopic (exact) mass is 321 g/mol. The fourth-order valence-electron chi connectivity index (χ4n) is 2.73. The van der Waals surface area contributed by atoms with Crippen LogP contribution in [0.2, 0.25) is 0 Å². The molecule has 0 bridgehead atoms. The van der Waals surface area contributed by atoms with E-state index in [-0.39, 0.29) is 29.8 Å². The molecule has 8 nitrogen and oxygen atoms in total. The molecule has 0 aromatic heterocycles. The van der Waals surface area contributed by atoms with Crippen molar-refractivity contribution in [1.29, 1.82) is 0 Å². The van der Waals surface area contributed by atoms with Crippen LogP contribution >= 0.6 is 0 Å². The van der Waals surface area contributed by atoms with Gasteiger partial charge in [0, 0.05) is 12.5 Å². The van der Waals surface area contributed by atoms with E-state index in [2.05, 4.69) is 0 Å². The van der Waals surface area contributed by atoms with Gasteiger partial charge in [0.25, 0.3) is 5.69 Å². The number of nitro groups is 1. The molecule has 1 atom stereocenters. The van der Waals surface area contributed by atoms with Gasteiger partial charge in [-0.3, -0.25) is 24.6 Å². The standard InChI is InChI=1S/C15H19N3O5/c16-15(20)14(17-6-1-2-7-17)5-8-23-12-3-4-13(18(21)22)11(9-12)10-19/h3-4,9-10,14H,1-2,5-8H2,(H2,16,20). The lowest BCUT2D eigenvalue weighted by atomic mass is 10.1. The molecule has 124 valence electrons. The van der Waals surface area contributed by atoms with E-state index < -0.39 is 4.92 Å². The van der Waals surface area contributed by atoms with Gasteiger partial charge in [-0.25, -0.2) is 0 Å². The average Bonchev–Trinajstić information content (AvgIpc) is 3.04. The molecule has 0 saturated carbocycles. The van der Waals surface area contributed by atoms with Crippen LogP contribution in [0.4, 0.5) is 5.69 Å². The Hall–Kier alpha value is -2.48. The first-order valence-electron chi connectivity index (χ1n) is 7.42. The third kappa shape index (κ3) is 4.26. The Kier molecular flexibility index (Phi) is 5.64. The van der Waals surface area contributed by atoms with Gasteiger partial charge in [-0.05, 0) is 38.1 Å². The highest BCUT2D eigenvalue weighted by Gasteiger charge is 2.26. The largest absolute Gasteiger partial charge is 0.493 e. The van der Waals surface area contributed by atoms with E-state index in [9.17, 15) is 19.7 Å². The summed E-state index contributed by atoms with van der Waals surface area (Å²) in [5, 5.41) is 10.8. The molecular weight excluding hydrogens is 302 g/mol. The highest BCUT2D eigenvalue weighted by Crippen LogP contribution is 2.23. The summed E-state index contributed by atoms with van der Waals surface area (Å²) in [6.45, 7) is 1.93. The number of ether oxygens (including phenoxy) is 1. The molecule has 0 aliphatic carbocycles. The summed E-state index contributed by atoms with van der Waals surface area (Å²) in [5.41, 5.74) is 5.13. The van der Waals surface area contributed by atoms with Crippen LogP contribution < -0.4 is 10.5 Å². The minimum atomic E-state index is -0.621. The van der Waals surface area contributed by atoms with Crippen molar-refractivity contribution in [3.05, 3.63) is 33.9 Å². The highest BCUT2D eigenvalue weighted by atomic mass is 16.6. The number of hydrogen-bond acceptors (Lipinski definition) is 6. The van der Waals surface area contributed by atoms with Crippen LogP contribution in [0.25, 0.3) is 0 Å². The van der Waals surface area contributed by atoms with E-state index in [0.29, 0.717) is 18.5 Å². The van der Waals surface area contributed by atoms with Gasteiger partial charge in [-0.15, -0.1) is 0 Å². The van der Waals surface area contributed by atoms with Crippen molar-refractivity contribution < 1.29 is 19.2 Å². The van der Waals surface area contributed by atoms with Gasteiger partial charge >= 0.3 is 0 Å². The van der Waals surface area contributed by atoms with E-state index in [0.717, 1.165) is 25.9 Å². The van der Waals surface area contributed by atoms with E-state index in [1.54, 1.807) is 0 Å². The molecule has 1 heterocycles. The number of amides is 1. The smallest absolute Gasteiger partial charge is 0.280 e. The predicted molar refractivity (Wildman–Crippen MR) is 82.4 cm³/mol. The van der Waals surface area contributed by atoms with Crippen LogP contribution in [0, 0.1) is 10.1 Å². The SMILES string of the molecule is NC(=O)C(CCOc1ccc([N+](=O)[O-])c(C=O)c1)N1CCCC1. The number of nitrogens with zero attached hydrogens (tertiary/aromatic N) is 2. The summed E-state index contributed by atoms with van der Waals surface area (Å²) in [6, 6.07) is 3.60. The van der Waals surface area contributed by atoms with Crippen molar-refractivity contribution in [1.82, 2.24) is 4.90 Å². The Labute approximate surface area is 133 Å². The molecule has 1 aliphatic heterocycles. The molecule has 1 aromatic rings. The molecule has 1 fully saturated rings. The highest BCUT2D eigenvalue weighted by molar-refractivity contribution is 5.82. The Morgan fingerprint density at radius 2 is 2.13 bits per heavy atom. The minimum absolute atomic E-state index is 0.0431. The lowest BCUT2D eigenvalue weighted by Gasteiger charge is -2.24. The van der Waals surface area contributed by atoms with Gasteiger partial charge in [0.2, 0.25) is 5.91 Å². The summed E-state index contributed by atoms with van der Waals surface area (Å²) in [6.07, 6.45) is 2.95. The Morgan fingerprint density at radius 1 is 1.43 bits per heavy atom. The number of primary amides is 1. The zero-order valence-corrected chi connectivity index (χ0v) is 12.6. The van der Waals surface area contributed by atoms with Crippen molar-refractivity contribution in [2.24, 2.45) is 5.73 Å². The number of nitrogens with two attached hydrogens (primary N) is 1. The van der Waals surface area contributed by atoms with Crippen molar-refractivity contribution in [3.8, 4) is 5.75 Å². The van der Waals surface area contributed by atoms with Crippen LogP contribution in [-0.2, 0) is 4.79 Å². The fraction of sp³-hybridized carbons (Fsp3) is 0.467. The topological polar surface area (TPSA) is 116 Å². The number of carbonyl (C=O) groups is 2. The molecule has 1 aromatic carbocycles. The second kappa shape index (κ2) is 7.68. The number of likely N-dealkylation sites (tertiary alicyclic amines) is 1. The molecule has 1 amide bonds. The number of hydrogen-bond donors (Lipinski definition) is 1. The quantitative estimate of drug-likeness (QED) is 0.436. The van der Waals surface area contributed by atoms with E-state index in [1.807, 2.05) is 4.90 Å². The van der Waals surface area contributed by atoms with Gasteiger partial charge in [0.1, 0.15) is 5.75 Å². The van der Waals surface area contributed by atoms with Gasteiger partial charge in [0.05, 0.1) is 23.1 Å². The van der Waals surface area contributed by atoms with Crippen LogP contribution in [0.3, 0.4) is 0 Å². The first kappa shape index (κ1) is 16.9. The Bertz CT molecular complexity index is 599. The maximum atomic E-state index is 11.6. The lowest BCUT2D eigenvalue weighted by Crippen LogP contribution is -2.44. The van der Waals surface area contributed by atoms with Gasteiger partial charge in [-0.2, -0.15) is 0 Å². The second-order valence-corrected chi connectivity index (χ2v) is 5.39. The van der Waals surface area contributed by atoms with Gasteiger partial charge < -0.3 is 10.5 Å². The predicted octanol–water partition coefficient (Wildman–Crippen LogP) is 1.13. The van der Waals surface area contributed by atoms with Crippen LogP contribution in [0.5, 0.6) is 5.75 Å². The number of nitro benzene ring substituents is 1. The molecule has 1 saturated heterocycles. The summed E-state index contributed by atoms with van der Waals surface area (Å²) >= 11 is 0. The lowest BCUT2D eigenvalue weighted by molar-refractivity contribution is -0.385. The van der Waals surface area contributed by atoms with Crippen molar-refractivity contribution in [2.75, 3.05) is 19.7 Å². The maximum absolute atomic E-state index is 11.6. The fourth-order valence-corrected chi connectivity index (χ4v) is 2.73. The van der Waals surface area contributed by atoms with Crippen molar-refractivity contribution in [2.45, 2.75) is 25.3 Å².